The number of primary amides is 1. The number of nitrogens with two attached hydrogens (primary N) is 2. The van der Waals surface area contributed by atoms with Crippen LogP contribution in [0.25, 0.3) is 0 Å². The van der Waals surface area contributed by atoms with Gasteiger partial charge in [0.1, 0.15) is 54.9 Å². The maximum absolute atomic E-state index is 14.3. The first-order valence-corrected chi connectivity index (χ1v) is 25.5. The van der Waals surface area contributed by atoms with Gasteiger partial charge in [0.2, 0.25) is 59.1 Å². The fourth-order valence-electron chi connectivity index (χ4n) is 8.05. The first-order chi connectivity index (χ1) is 33.7. The maximum atomic E-state index is 14.3. The lowest BCUT2D eigenvalue weighted by Gasteiger charge is -2.33. The summed E-state index contributed by atoms with van der Waals surface area (Å²) in [6.07, 6.45) is 0.567. The molecule has 2 fully saturated rings. The summed E-state index contributed by atoms with van der Waals surface area (Å²) < 4.78 is 0. The highest BCUT2D eigenvalue weighted by atomic mass is 32.2. The first kappa shape index (κ1) is 62.0. The Bertz CT molecular complexity index is 1980. The molecule has 0 aliphatic carbocycles. The van der Waals surface area contributed by atoms with Crippen molar-refractivity contribution in [1.29, 1.82) is 0 Å². The average Bonchev–Trinajstić information content (AvgIpc) is 4.03. The third-order valence-corrected chi connectivity index (χ3v) is 13.1. The standard InChI is InChI=1S/C45H75N11O15S/c1-8-23(4)35(53-42(68)34(22(2)3)52-41(67)30-12-9-18-55(30)44(70)26(46)17-20-72-7)45(71)56-19-10-11-29(56)40(66)49-24(5)37(63)54-36(25(6)57)43(69)51-28(13-15-31(47)58)39(65)50-27(14-16-32(59)60)38(64)48-21-33(61)62/h22-30,34-36,57H,8-21,46H2,1-7H3,(H2,47,58)(H,48,64)(H,49,66)(H,50,65)(H,51,69)(H,52,67)(H,53,68)(H,54,63)(H,59,60)(H,61,62)/t23-,24-,25+,26-,27-,28-,29-,30-,34-,35-,36-/m0/s1. The predicted octanol–water partition coefficient (Wildman–Crippen LogP) is -3.61. The van der Waals surface area contributed by atoms with E-state index in [9.17, 15) is 62.6 Å². The maximum Gasteiger partial charge on any atom is 0.322 e. The van der Waals surface area contributed by atoms with Gasteiger partial charge in [-0.3, -0.25) is 57.5 Å². The Balaban J connectivity index is 2.21. The summed E-state index contributed by atoms with van der Waals surface area (Å²) in [5.74, 6) is -11.1. The van der Waals surface area contributed by atoms with Crippen molar-refractivity contribution < 1.29 is 72.9 Å². The minimum absolute atomic E-state index is 0.122. The molecule has 14 N–H and O–H groups in total. The van der Waals surface area contributed by atoms with Crippen LogP contribution in [0.15, 0.2) is 0 Å². The van der Waals surface area contributed by atoms with Gasteiger partial charge in [0.25, 0.3) is 0 Å². The van der Waals surface area contributed by atoms with Crippen molar-refractivity contribution in [1.82, 2.24) is 47.0 Å². The number of nitrogens with zero attached hydrogens (tertiary/aromatic N) is 2. The number of rotatable bonds is 30. The van der Waals surface area contributed by atoms with E-state index in [1.165, 1.54) is 16.7 Å². The average molecular weight is 1040 g/mol. The highest BCUT2D eigenvalue weighted by Gasteiger charge is 2.43. The smallest absolute Gasteiger partial charge is 0.322 e. The van der Waals surface area contributed by atoms with Crippen molar-refractivity contribution in [2.45, 2.75) is 166 Å². The number of carbonyl (C=O) groups is 12. The Morgan fingerprint density at radius 3 is 1.65 bits per heavy atom. The van der Waals surface area contributed by atoms with Crippen molar-refractivity contribution in [3.8, 4) is 0 Å². The Morgan fingerprint density at radius 2 is 1.14 bits per heavy atom. The first-order valence-electron chi connectivity index (χ1n) is 24.1. The molecule has 2 aliphatic rings. The SMILES string of the molecule is CC[C@H](C)[C@H](NC(=O)[C@@H](NC(=O)[C@@H]1CCCN1C(=O)[C@@H](N)CCSC)C(C)C)C(=O)N1CCC[C@H]1C(=O)N[C@@H](C)C(=O)N[C@H](C(=O)N[C@@H](CCC(N)=O)C(=O)N[C@@H](CCC(=O)O)C(=O)NCC(=O)O)[C@@H](C)O. The summed E-state index contributed by atoms with van der Waals surface area (Å²) in [6.45, 7) is 9.00. The molecule has 11 atom stereocenters. The normalized spacial score (nSPS) is 19.2. The highest BCUT2D eigenvalue weighted by Crippen LogP contribution is 2.23. The van der Waals surface area contributed by atoms with Gasteiger partial charge in [0.15, 0.2) is 0 Å². The predicted molar refractivity (Wildman–Crippen MR) is 260 cm³/mol. The second kappa shape index (κ2) is 30.1. The zero-order chi connectivity index (χ0) is 54.6. The van der Waals surface area contributed by atoms with Gasteiger partial charge in [-0.1, -0.05) is 34.1 Å². The van der Waals surface area contributed by atoms with Crippen molar-refractivity contribution in [2.24, 2.45) is 23.3 Å². The molecule has 72 heavy (non-hydrogen) atoms. The van der Waals surface area contributed by atoms with E-state index in [1.54, 1.807) is 32.5 Å². The molecule has 0 aromatic rings. The molecule has 406 valence electrons. The summed E-state index contributed by atoms with van der Waals surface area (Å²) in [5.41, 5.74) is 11.4. The lowest BCUT2D eigenvalue weighted by molar-refractivity contribution is -0.144. The number of nitrogens with one attached hydrogen (secondary N) is 7. The quantitative estimate of drug-likeness (QED) is 0.0331. The minimum Gasteiger partial charge on any atom is -0.481 e. The van der Waals surface area contributed by atoms with Crippen molar-refractivity contribution in [3.63, 3.8) is 0 Å². The van der Waals surface area contributed by atoms with E-state index in [0.29, 0.717) is 44.4 Å². The Morgan fingerprint density at radius 1 is 0.625 bits per heavy atom. The number of likely N-dealkylation sites (tertiary alicyclic amines) is 2. The Kier molecular flexibility index (Phi) is 25.9. The van der Waals surface area contributed by atoms with Crippen LogP contribution in [-0.2, 0) is 57.5 Å². The van der Waals surface area contributed by atoms with Crippen LogP contribution >= 0.6 is 11.8 Å². The van der Waals surface area contributed by atoms with Crippen molar-refractivity contribution >= 4 is 82.8 Å². The van der Waals surface area contributed by atoms with E-state index in [0.717, 1.165) is 6.92 Å². The van der Waals surface area contributed by atoms with Crippen LogP contribution in [0.5, 0.6) is 0 Å². The molecule has 2 rings (SSSR count). The van der Waals surface area contributed by atoms with Gasteiger partial charge < -0.3 is 73.8 Å². The van der Waals surface area contributed by atoms with Crippen LogP contribution < -0.4 is 48.7 Å². The van der Waals surface area contributed by atoms with Crippen LogP contribution in [0.4, 0.5) is 0 Å². The van der Waals surface area contributed by atoms with Crippen molar-refractivity contribution in [2.75, 3.05) is 31.6 Å². The largest absolute Gasteiger partial charge is 0.481 e. The number of carboxylic acids is 2. The fraction of sp³-hybridized carbons (Fsp3) is 0.733. The number of hydrogen-bond donors (Lipinski definition) is 12. The zero-order valence-electron chi connectivity index (χ0n) is 42.0. The molecule has 0 aromatic heterocycles. The summed E-state index contributed by atoms with van der Waals surface area (Å²) >= 11 is 1.55. The molecule has 0 aromatic carbocycles. The molecular weight excluding hydrogens is 967 g/mol. The van der Waals surface area contributed by atoms with Crippen LogP contribution in [0.1, 0.15) is 106 Å². The number of amides is 10. The number of carboxylic acid groups (broad SMARTS) is 2. The van der Waals surface area contributed by atoms with E-state index in [-0.39, 0.29) is 18.9 Å². The second-order valence-corrected chi connectivity index (χ2v) is 19.5. The molecule has 26 nitrogen and oxygen atoms in total. The number of thioether (sulfide) groups is 1. The third kappa shape index (κ3) is 19.2. The van der Waals surface area contributed by atoms with Gasteiger partial charge in [-0.25, -0.2) is 0 Å². The monoisotopic (exact) mass is 1040 g/mol. The van der Waals surface area contributed by atoms with Crippen LogP contribution in [0.2, 0.25) is 0 Å². The van der Waals surface area contributed by atoms with Crippen LogP contribution in [0, 0.1) is 11.8 Å². The molecule has 2 heterocycles. The molecular formula is C45H75N11O15S. The topological polar surface area (TPSA) is 408 Å². The van der Waals surface area contributed by atoms with Gasteiger partial charge in [-0.05, 0) is 82.6 Å². The molecule has 2 saturated heterocycles. The lowest BCUT2D eigenvalue weighted by Crippen LogP contribution is -2.62. The van der Waals surface area contributed by atoms with Gasteiger partial charge in [-0.2, -0.15) is 11.8 Å². The van der Waals surface area contributed by atoms with Gasteiger partial charge in [-0.15, -0.1) is 0 Å². The number of aliphatic carboxylic acids is 2. The number of aliphatic hydroxyl groups is 1. The number of aliphatic hydroxyl groups excluding tert-OH is 1. The number of carbonyl (C=O) groups excluding carboxylic acids is 10. The molecule has 2 aliphatic heterocycles. The molecule has 10 amide bonds. The fourth-order valence-corrected chi connectivity index (χ4v) is 8.54. The van der Waals surface area contributed by atoms with Gasteiger partial charge >= 0.3 is 11.9 Å². The minimum atomic E-state index is -1.79. The van der Waals surface area contributed by atoms with Crippen LogP contribution in [0.3, 0.4) is 0 Å². The van der Waals surface area contributed by atoms with Gasteiger partial charge in [0, 0.05) is 25.9 Å². The molecule has 0 unspecified atom stereocenters. The third-order valence-electron chi connectivity index (χ3n) is 12.5. The molecule has 0 spiro atoms. The van der Waals surface area contributed by atoms with E-state index < -0.39 is 170 Å². The highest BCUT2D eigenvalue weighted by molar-refractivity contribution is 7.98. The summed E-state index contributed by atoms with van der Waals surface area (Å²) in [7, 11) is 0. The van der Waals surface area contributed by atoms with Crippen molar-refractivity contribution in [3.05, 3.63) is 0 Å². The van der Waals surface area contributed by atoms with E-state index in [1.807, 2.05) is 18.5 Å². The van der Waals surface area contributed by atoms with E-state index in [4.69, 9.17) is 21.7 Å². The summed E-state index contributed by atoms with van der Waals surface area (Å²) in [4.78, 5) is 159. The Hall–Kier alpha value is -6.09. The van der Waals surface area contributed by atoms with E-state index >= 15 is 0 Å². The molecule has 27 heteroatoms. The van der Waals surface area contributed by atoms with Gasteiger partial charge in [0.05, 0.1) is 12.1 Å². The molecule has 0 bridgehead atoms. The molecule has 0 radical (unpaired) electrons. The van der Waals surface area contributed by atoms with Crippen LogP contribution in [-0.4, -0.2) is 188 Å². The zero-order valence-corrected chi connectivity index (χ0v) is 42.8. The lowest BCUT2D eigenvalue weighted by atomic mass is 9.95. The Labute approximate surface area is 422 Å². The molecule has 0 saturated carbocycles. The summed E-state index contributed by atoms with van der Waals surface area (Å²) in [5, 5.41) is 45.6. The second-order valence-electron chi connectivity index (χ2n) is 18.5. The number of hydrogen-bond acceptors (Lipinski definition) is 15. The van der Waals surface area contributed by atoms with E-state index in [2.05, 4.69) is 31.9 Å². The summed E-state index contributed by atoms with van der Waals surface area (Å²) in [6, 6.07) is -11.4.